The summed E-state index contributed by atoms with van der Waals surface area (Å²) < 4.78 is 5.30. The summed E-state index contributed by atoms with van der Waals surface area (Å²) in [4.78, 5) is 14.6. The number of esters is 1. The molecule has 2 aliphatic heterocycles. The van der Waals surface area contributed by atoms with Gasteiger partial charge in [0.15, 0.2) is 0 Å². The molecular formula is C13H24N2O2S. The van der Waals surface area contributed by atoms with Crippen LogP contribution < -0.4 is 5.32 Å². The highest BCUT2D eigenvalue weighted by Gasteiger charge is 2.36. The normalized spacial score (nSPS) is 27.7. The number of rotatable bonds is 4. The quantitative estimate of drug-likeness (QED) is 0.772. The predicted octanol–water partition coefficient (Wildman–Crippen LogP) is 0.966. The average molecular weight is 272 g/mol. The number of ether oxygens (including phenoxy) is 1. The van der Waals surface area contributed by atoms with Crippen molar-refractivity contribution in [2.75, 3.05) is 44.3 Å². The van der Waals surface area contributed by atoms with E-state index in [9.17, 15) is 4.79 Å². The van der Waals surface area contributed by atoms with Gasteiger partial charge in [-0.25, -0.2) is 0 Å². The van der Waals surface area contributed by atoms with Crippen molar-refractivity contribution in [3.63, 3.8) is 0 Å². The van der Waals surface area contributed by atoms with Gasteiger partial charge in [0.25, 0.3) is 0 Å². The average Bonchev–Trinajstić information content (AvgIpc) is 2.74. The zero-order valence-corrected chi connectivity index (χ0v) is 12.0. The van der Waals surface area contributed by atoms with Crippen LogP contribution in [0.2, 0.25) is 0 Å². The molecule has 1 N–H and O–H groups in total. The van der Waals surface area contributed by atoms with Gasteiger partial charge in [-0.1, -0.05) is 0 Å². The molecule has 0 radical (unpaired) electrons. The highest BCUT2D eigenvalue weighted by molar-refractivity contribution is 7.99. The van der Waals surface area contributed by atoms with Crippen LogP contribution in [0.1, 0.15) is 19.8 Å². The molecule has 0 aromatic carbocycles. The molecule has 2 atom stereocenters. The summed E-state index contributed by atoms with van der Waals surface area (Å²) in [5, 5.41) is 3.39. The lowest BCUT2D eigenvalue weighted by Crippen LogP contribution is -2.48. The van der Waals surface area contributed by atoms with E-state index in [2.05, 4.69) is 10.2 Å². The molecule has 104 valence electrons. The van der Waals surface area contributed by atoms with Crippen molar-refractivity contribution >= 4 is 17.7 Å². The van der Waals surface area contributed by atoms with E-state index in [4.69, 9.17) is 4.74 Å². The molecule has 0 spiro atoms. The summed E-state index contributed by atoms with van der Waals surface area (Å²) in [5.41, 5.74) is 0. The van der Waals surface area contributed by atoms with Gasteiger partial charge in [-0.2, -0.15) is 11.8 Å². The molecule has 2 rings (SSSR count). The predicted molar refractivity (Wildman–Crippen MR) is 74.9 cm³/mol. The molecule has 0 aliphatic carbocycles. The molecule has 2 fully saturated rings. The third-order valence-electron chi connectivity index (χ3n) is 3.71. The lowest BCUT2D eigenvalue weighted by atomic mass is 9.97. The monoisotopic (exact) mass is 272 g/mol. The molecule has 0 saturated carbocycles. The van der Waals surface area contributed by atoms with Gasteiger partial charge in [-0.3, -0.25) is 9.69 Å². The van der Waals surface area contributed by atoms with E-state index < -0.39 is 0 Å². The number of carbonyl (C=O) groups is 1. The van der Waals surface area contributed by atoms with Gasteiger partial charge in [-0.15, -0.1) is 0 Å². The molecule has 2 saturated heterocycles. The summed E-state index contributed by atoms with van der Waals surface area (Å²) in [6, 6.07) is -0.0140. The van der Waals surface area contributed by atoms with E-state index in [1.54, 1.807) is 0 Å². The third kappa shape index (κ3) is 3.62. The largest absolute Gasteiger partial charge is 0.465 e. The number of nitrogens with one attached hydrogen (secondary N) is 1. The molecule has 0 bridgehead atoms. The Morgan fingerprint density at radius 1 is 1.50 bits per heavy atom. The van der Waals surface area contributed by atoms with Crippen LogP contribution in [0.4, 0.5) is 0 Å². The second-order valence-corrected chi connectivity index (χ2v) is 6.11. The highest BCUT2D eigenvalue weighted by Crippen LogP contribution is 2.29. The summed E-state index contributed by atoms with van der Waals surface area (Å²) >= 11 is 1.97. The van der Waals surface area contributed by atoms with Gasteiger partial charge < -0.3 is 10.1 Å². The summed E-state index contributed by atoms with van der Waals surface area (Å²) in [7, 11) is 0. The maximum absolute atomic E-state index is 12.2. The van der Waals surface area contributed by atoms with E-state index in [1.165, 1.54) is 5.75 Å². The first kappa shape index (κ1) is 14.2. The SMILES string of the molecule is CCOC(=O)C(C1CCSC1)N1CCCNCC1. The molecule has 0 aromatic heterocycles. The molecule has 4 nitrogen and oxygen atoms in total. The Kier molecular flexibility index (Phi) is 5.79. The molecule has 5 heteroatoms. The number of thioether (sulfide) groups is 1. The van der Waals surface area contributed by atoms with Gasteiger partial charge in [-0.05, 0) is 43.7 Å². The Morgan fingerprint density at radius 3 is 3.11 bits per heavy atom. The second kappa shape index (κ2) is 7.36. The molecule has 2 unspecified atom stereocenters. The summed E-state index contributed by atoms with van der Waals surface area (Å²) in [5.74, 6) is 2.76. The summed E-state index contributed by atoms with van der Waals surface area (Å²) in [6.07, 6.45) is 2.27. The first-order chi connectivity index (χ1) is 8.83. The van der Waals surface area contributed by atoms with Crippen molar-refractivity contribution in [2.24, 2.45) is 5.92 Å². The Balaban J connectivity index is 2.03. The van der Waals surface area contributed by atoms with Gasteiger partial charge in [0.1, 0.15) is 6.04 Å². The van der Waals surface area contributed by atoms with Crippen LogP contribution >= 0.6 is 11.8 Å². The topological polar surface area (TPSA) is 41.6 Å². The fourth-order valence-electron chi connectivity index (χ4n) is 2.81. The fourth-order valence-corrected chi connectivity index (χ4v) is 4.10. The number of nitrogens with zero attached hydrogens (tertiary/aromatic N) is 1. The van der Waals surface area contributed by atoms with Gasteiger partial charge >= 0.3 is 5.97 Å². The maximum Gasteiger partial charge on any atom is 0.323 e. The van der Waals surface area contributed by atoms with Crippen molar-refractivity contribution in [1.82, 2.24) is 10.2 Å². The van der Waals surface area contributed by atoms with E-state index in [-0.39, 0.29) is 12.0 Å². The van der Waals surface area contributed by atoms with Crippen LogP contribution in [0, 0.1) is 5.92 Å². The number of hydrogen-bond donors (Lipinski definition) is 1. The Morgan fingerprint density at radius 2 is 2.39 bits per heavy atom. The number of hydrogen-bond acceptors (Lipinski definition) is 5. The first-order valence-electron chi connectivity index (χ1n) is 7.02. The molecule has 2 aliphatic rings. The molecule has 2 heterocycles. The van der Waals surface area contributed by atoms with Crippen molar-refractivity contribution in [1.29, 1.82) is 0 Å². The second-order valence-electron chi connectivity index (χ2n) is 4.96. The molecule has 18 heavy (non-hydrogen) atoms. The van der Waals surface area contributed by atoms with Crippen molar-refractivity contribution in [3.05, 3.63) is 0 Å². The lowest BCUT2D eigenvalue weighted by Gasteiger charge is -2.32. The smallest absolute Gasteiger partial charge is 0.323 e. The van der Waals surface area contributed by atoms with Crippen molar-refractivity contribution in [3.8, 4) is 0 Å². The minimum absolute atomic E-state index is 0.00750. The Labute approximate surface area is 114 Å². The Bertz CT molecular complexity index is 262. The molecule has 0 amide bonds. The standard InChI is InChI=1S/C13H24N2O2S/c1-2-17-13(16)12(11-4-9-18-10-11)15-7-3-5-14-6-8-15/h11-12,14H,2-10H2,1H3. The lowest BCUT2D eigenvalue weighted by molar-refractivity contribution is -0.151. The van der Waals surface area contributed by atoms with Crippen molar-refractivity contribution < 1.29 is 9.53 Å². The van der Waals surface area contributed by atoms with Gasteiger partial charge in [0, 0.05) is 19.6 Å². The van der Waals surface area contributed by atoms with Crippen molar-refractivity contribution in [2.45, 2.75) is 25.8 Å². The van der Waals surface area contributed by atoms with Crippen LogP contribution in [-0.2, 0) is 9.53 Å². The van der Waals surface area contributed by atoms with E-state index in [0.29, 0.717) is 12.5 Å². The minimum Gasteiger partial charge on any atom is -0.465 e. The first-order valence-corrected chi connectivity index (χ1v) is 8.17. The minimum atomic E-state index is -0.0140. The van der Waals surface area contributed by atoms with E-state index >= 15 is 0 Å². The zero-order chi connectivity index (χ0) is 12.8. The van der Waals surface area contributed by atoms with Gasteiger partial charge in [0.2, 0.25) is 0 Å². The van der Waals surface area contributed by atoms with Crippen LogP contribution in [0.25, 0.3) is 0 Å². The van der Waals surface area contributed by atoms with Crippen LogP contribution in [0.5, 0.6) is 0 Å². The van der Waals surface area contributed by atoms with E-state index in [1.807, 2.05) is 18.7 Å². The Hall–Kier alpha value is -0.260. The number of carbonyl (C=O) groups excluding carboxylic acids is 1. The van der Waals surface area contributed by atoms with Crippen LogP contribution in [0.3, 0.4) is 0 Å². The van der Waals surface area contributed by atoms with Gasteiger partial charge in [0.05, 0.1) is 6.61 Å². The molecule has 0 aromatic rings. The fraction of sp³-hybridized carbons (Fsp3) is 0.923. The van der Waals surface area contributed by atoms with Crippen LogP contribution in [0.15, 0.2) is 0 Å². The third-order valence-corrected chi connectivity index (χ3v) is 4.90. The summed E-state index contributed by atoms with van der Waals surface area (Å²) in [6.45, 7) is 6.40. The van der Waals surface area contributed by atoms with E-state index in [0.717, 1.165) is 44.8 Å². The van der Waals surface area contributed by atoms with Crippen LogP contribution in [-0.4, -0.2) is 61.2 Å². The highest BCUT2D eigenvalue weighted by atomic mass is 32.2. The maximum atomic E-state index is 12.2. The zero-order valence-electron chi connectivity index (χ0n) is 11.2. The molecular weight excluding hydrogens is 248 g/mol.